The lowest BCUT2D eigenvalue weighted by Gasteiger charge is -2.19. The van der Waals surface area contributed by atoms with Crippen molar-refractivity contribution >= 4 is 17.5 Å². The average Bonchev–Trinajstić information content (AvgIpc) is 2.74. The van der Waals surface area contributed by atoms with Crippen LogP contribution in [0.4, 0.5) is 5.69 Å². The fraction of sp³-hybridized carbons (Fsp3) is 0.304. The van der Waals surface area contributed by atoms with Gasteiger partial charge in [0.15, 0.2) is 18.1 Å². The first-order valence-electron chi connectivity index (χ1n) is 9.62. The van der Waals surface area contributed by atoms with E-state index in [1.807, 2.05) is 32.1 Å². The number of carbonyl (C=O) groups is 2. The maximum atomic E-state index is 12.5. The number of hydrogen-bond acceptors (Lipinski definition) is 4. The molecule has 2 rings (SSSR count). The normalized spacial score (nSPS) is 10.2. The van der Waals surface area contributed by atoms with Crippen LogP contribution in [0.15, 0.2) is 55.1 Å². The van der Waals surface area contributed by atoms with Crippen molar-refractivity contribution in [1.82, 2.24) is 4.90 Å². The minimum atomic E-state index is -0.324. The number of allylic oxidation sites excluding steroid dienone is 1. The van der Waals surface area contributed by atoms with Crippen LogP contribution in [-0.2, 0) is 11.2 Å². The largest absolute Gasteiger partial charge is 0.493 e. The first-order chi connectivity index (χ1) is 14.0. The Morgan fingerprint density at radius 2 is 1.86 bits per heavy atom. The Balaban J connectivity index is 2.00. The van der Waals surface area contributed by atoms with E-state index in [4.69, 9.17) is 9.47 Å². The number of nitrogens with one attached hydrogen (secondary N) is 1. The first-order valence-corrected chi connectivity index (χ1v) is 9.62. The van der Waals surface area contributed by atoms with Crippen molar-refractivity contribution in [3.05, 3.63) is 66.2 Å². The van der Waals surface area contributed by atoms with Gasteiger partial charge in [0.2, 0.25) is 0 Å². The Bertz CT molecular complexity index is 860. The third-order valence-corrected chi connectivity index (χ3v) is 4.41. The van der Waals surface area contributed by atoms with Crippen molar-refractivity contribution in [2.24, 2.45) is 0 Å². The molecule has 0 unspecified atom stereocenters. The van der Waals surface area contributed by atoms with E-state index >= 15 is 0 Å². The van der Waals surface area contributed by atoms with Gasteiger partial charge in [-0.25, -0.2) is 0 Å². The molecule has 0 aromatic heterocycles. The van der Waals surface area contributed by atoms with Crippen molar-refractivity contribution in [3.8, 4) is 11.5 Å². The number of benzene rings is 2. The molecule has 0 saturated heterocycles. The van der Waals surface area contributed by atoms with Gasteiger partial charge in [-0.1, -0.05) is 18.2 Å². The molecule has 0 bridgehead atoms. The summed E-state index contributed by atoms with van der Waals surface area (Å²) in [4.78, 5) is 26.5. The summed E-state index contributed by atoms with van der Waals surface area (Å²) in [5.41, 5.74) is 2.13. The van der Waals surface area contributed by atoms with Gasteiger partial charge in [-0.05, 0) is 56.2 Å². The Morgan fingerprint density at radius 1 is 1.10 bits per heavy atom. The van der Waals surface area contributed by atoms with Crippen LogP contribution in [0.25, 0.3) is 0 Å². The maximum absolute atomic E-state index is 12.5. The minimum Gasteiger partial charge on any atom is -0.493 e. The molecule has 0 aliphatic carbocycles. The van der Waals surface area contributed by atoms with E-state index in [1.165, 1.54) is 0 Å². The van der Waals surface area contributed by atoms with Crippen molar-refractivity contribution < 1.29 is 19.1 Å². The lowest BCUT2D eigenvalue weighted by Crippen LogP contribution is -2.30. The van der Waals surface area contributed by atoms with Crippen LogP contribution in [-0.4, -0.2) is 43.5 Å². The van der Waals surface area contributed by atoms with Crippen molar-refractivity contribution in [2.75, 3.05) is 32.1 Å². The number of ether oxygens (including phenoxy) is 2. The molecule has 2 amide bonds. The zero-order valence-electron chi connectivity index (χ0n) is 17.2. The van der Waals surface area contributed by atoms with Crippen LogP contribution in [0.1, 0.15) is 29.8 Å². The molecule has 6 nitrogen and oxygen atoms in total. The number of nitrogens with zero attached hydrogens (tertiary/aromatic N) is 1. The number of methoxy groups -OCH3 is 1. The topological polar surface area (TPSA) is 67.9 Å². The standard InChI is InChI=1S/C23H28N2O4/c1-5-9-17-12-13-20(21(14-17)28-4)29-16-22(26)24-19-11-8-10-18(15-19)23(27)25(6-2)7-3/h5,8,10-15H,1,6-7,9,16H2,2-4H3,(H,24,26). The van der Waals surface area contributed by atoms with Gasteiger partial charge in [0.25, 0.3) is 11.8 Å². The Morgan fingerprint density at radius 3 is 2.52 bits per heavy atom. The molecule has 0 spiro atoms. The quantitative estimate of drug-likeness (QED) is 0.618. The van der Waals surface area contributed by atoms with Crippen LogP contribution < -0.4 is 14.8 Å². The summed E-state index contributed by atoms with van der Waals surface area (Å²) in [6.45, 7) is 8.68. The van der Waals surface area contributed by atoms with Crippen molar-refractivity contribution in [3.63, 3.8) is 0 Å². The lowest BCUT2D eigenvalue weighted by atomic mass is 10.1. The number of hydrogen-bond donors (Lipinski definition) is 1. The van der Waals surface area contributed by atoms with E-state index < -0.39 is 0 Å². The van der Waals surface area contributed by atoms with Crippen LogP contribution in [0, 0.1) is 0 Å². The zero-order valence-corrected chi connectivity index (χ0v) is 17.2. The molecule has 0 aliphatic heterocycles. The molecule has 2 aromatic rings. The third kappa shape index (κ3) is 6.10. The molecular weight excluding hydrogens is 368 g/mol. The zero-order chi connectivity index (χ0) is 21.2. The highest BCUT2D eigenvalue weighted by atomic mass is 16.5. The van der Waals surface area contributed by atoms with Crippen LogP contribution in [0.3, 0.4) is 0 Å². The number of amides is 2. The van der Waals surface area contributed by atoms with Crippen molar-refractivity contribution in [2.45, 2.75) is 20.3 Å². The molecule has 0 fully saturated rings. The summed E-state index contributed by atoms with van der Waals surface area (Å²) in [5.74, 6) is 0.659. The fourth-order valence-electron chi connectivity index (χ4n) is 2.89. The molecule has 2 aromatic carbocycles. The predicted molar refractivity (Wildman–Crippen MR) is 115 cm³/mol. The van der Waals surface area contributed by atoms with E-state index in [9.17, 15) is 9.59 Å². The number of anilines is 1. The second-order valence-electron chi connectivity index (χ2n) is 6.37. The van der Waals surface area contributed by atoms with Gasteiger partial charge in [-0.3, -0.25) is 9.59 Å². The van der Waals surface area contributed by atoms with Gasteiger partial charge in [0.1, 0.15) is 0 Å². The van der Waals surface area contributed by atoms with Crippen molar-refractivity contribution in [1.29, 1.82) is 0 Å². The lowest BCUT2D eigenvalue weighted by molar-refractivity contribution is -0.118. The van der Waals surface area contributed by atoms with Crippen LogP contribution >= 0.6 is 0 Å². The monoisotopic (exact) mass is 396 g/mol. The highest BCUT2D eigenvalue weighted by Gasteiger charge is 2.14. The first kappa shape index (κ1) is 22.0. The molecule has 0 heterocycles. The number of carbonyl (C=O) groups excluding carboxylic acids is 2. The molecule has 0 atom stereocenters. The Labute approximate surface area is 172 Å². The molecule has 0 aliphatic rings. The Kier molecular flexibility index (Phi) is 8.27. The van der Waals surface area contributed by atoms with E-state index in [1.54, 1.807) is 42.3 Å². The Hall–Kier alpha value is -3.28. The third-order valence-electron chi connectivity index (χ3n) is 4.41. The van der Waals surface area contributed by atoms with E-state index in [0.717, 1.165) is 12.0 Å². The highest BCUT2D eigenvalue weighted by Crippen LogP contribution is 2.28. The van der Waals surface area contributed by atoms with Gasteiger partial charge >= 0.3 is 0 Å². The predicted octanol–water partition coefficient (Wildman–Crippen LogP) is 3.92. The van der Waals surface area contributed by atoms with Crippen LogP contribution in [0.2, 0.25) is 0 Å². The van der Waals surface area contributed by atoms with E-state index in [-0.39, 0.29) is 18.4 Å². The van der Waals surface area contributed by atoms with Gasteiger partial charge in [-0.15, -0.1) is 6.58 Å². The summed E-state index contributed by atoms with van der Waals surface area (Å²) in [5, 5.41) is 2.76. The van der Waals surface area contributed by atoms with E-state index in [2.05, 4.69) is 11.9 Å². The summed E-state index contributed by atoms with van der Waals surface area (Å²) in [6.07, 6.45) is 2.53. The second-order valence-corrected chi connectivity index (χ2v) is 6.37. The summed E-state index contributed by atoms with van der Waals surface area (Å²) in [6, 6.07) is 12.4. The molecule has 0 saturated carbocycles. The minimum absolute atomic E-state index is 0.0632. The van der Waals surface area contributed by atoms with Crippen LogP contribution in [0.5, 0.6) is 11.5 Å². The highest BCUT2D eigenvalue weighted by molar-refractivity contribution is 5.97. The molecular formula is C23H28N2O4. The SMILES string of the molecule is C=CCc1ccc(OCC(=O)Nc2cccc(C(=O)N(CC)CC)c2)c(OC)c1. The number of rotatable bonds is 10. The molecule has 6 heteroatoms. The molecule has 0 radical (unpaired) electrons. The average molecular weight is 396 g/mol. The second kappa shape index (κ2) is 10.9. The summed E-state index contributed by atoms with van der Waals surface area (Å²) in [7, 11) is 1.55. The molecule has 1 N–H and O–H groups in total. The van der Waals surface area contributed by atoms with Gasteiger partial charge in [-0.2, -0.15) is 0 Å². The van der Waals surface area contributed by atoms with E-state index in [0.29, 0.717) is 35.8 Å². The molecule has 29 heavy (non-hydrogen) atoms. The summed E-state index contributed by atoms with van der Waals surface area (Å²) >= 11 is 0. The maximum Gasteiger partial charge on any atom is 0.262 e. The van der Waals surface area contributed by atoms with Gasteiger partial charge < -0.3 is 19.7 Å². The molecule has 154 valence electrons. The smallest absolute Gasteiger partial charge is 0.262 e. The fourth-order valence-corrected chi connectivity index (χ4v) is 2.89. The summed E-state index contributed by atoms with van der Waals surface area (Å²) < 4.78 is 10.9. The van der Waals surface area contributed by atoms with Gasteiger partial charge in [0.05, 0.1) is 7.11 Å². The van der Waals surface area contributed by atoms with Gasteiger partial charge in [0, 0.05) is 24.3 Å².